The number of fused-ring (bicyclic) bond motifs is 2. The molecule has 4 N–H and O–H groups in total. The van der Waals surface area contributed by atoms with Gasteiger partial charge in [-0.05, 0) is 67.1 Å². The van der Waals surface area contributed by atoms with Crippen LogP contribution in [0.2, 0.25) is 5.02 Å². The Balaban J connectivity index is 1.48. The van der Waals surface area contributed by atoms with Gasteiger partial charge in [-0.3, -0.25) is 9.78 Å². The monoisotopic (exact) mass is 715 g/mol. The first kappa shape index (κ1) is 35.4. The first-order valence-corrected chi connectivity index (χ1v) is 16.9. The molecule has 2 aliphatic rings. The van der Waals surface area contributed by atoms with E-state index in [9.17, 15) is 40.7 Å². The van der Waals surface area contributed by atoms with Crippen LogP contribution in [0.15, 0.2) is 54.9 Å². The Morgan fingerprint density at radius 1 is 1.10 bits per heavy atom. The third-order valence-corrected chi connectivity index (χ3v) is 10.8. The number of alkyl halides is 3. The fraction of sp³-hybridized carbons (Fsp3) is 0.387. The highest BCUT2D eigenvalue weighted by atomic mass is 35.5. The molecule has 2 aliphatic heterocycles. The number of nitrogens with zero attached hydrogens (tertiary/aromatic N) is 2. The molecule has 5 atom stereocenters. The normalized spacial score (nSPS) is 21.8. The van der Waals surface area contributed by atoms with Crippen molar-refractivity contribution in [2.45, 2.75) is 55.9 Å². The van der Waals surface area contributed by atoms with Gasteiger partial charge >= 0.3 is 12.3 Å². The molecule has 3 aromatic rings. The minimum atomic E-state index is -4.85. The third kappa shape index (κ3) is 8.05. The lowest BCUT2D eigenvalue weighted by Gasteiger charge is -2.37. The number of hydrogen-bond acceptors (Lipinski definition) is 6. The maximum atomic E-state index is 15.3. The standard InChI is InChI=1S/C31H31ClF5N5O5S/c32-23-9-6-17(12-25(23)34)27(18-11-19(14-38-13-18)31(35,36)37)28(41-30(44)45)29(43)40-26-5-1-4-24(33)22(26)8-7-21-15-39-20-3-2-10-48(46,47)42(21)16-20/h1,4-6,9,11-14,20-21,27-28,39,41H,2-3,7-8,10,15-16H2,(H,40,43)(H,44,45)/t20?,21?,27-,28-/m0/s1. The summed E-state index contributed by atoms with van der Waals surface area (Å²) in [5.41, 5.74) is -1.64. The first-order chi connectivity index (χ1) is 22.6. The zero-order valence-electron chi connectivity index (χ0n) is 25.1. The van der Waals surface area contributed by atoms with Crippen molar-refractivity contribution >= 4 is 39.3 Å². The molecule has 2 saturated heterocycles. The first-order valence-electron chi connectivity index (χ1n) is 14.9. The van der Waals surface area contributed by atoms with Gasteiger partial charge < -0.3 is 21.1 Å². The van der Waals surface area contributed by atoms with Crippen LogP contribution in [-0.4, -0.2) is 71.8 Å². The predicted octanol–water partition coefficient (Wildman–Crippen LogP) is 5.14. The molecule has 0 radical (unpaired) electrons. The summed E-state index contributed by atoms with van der Waals surface area (Å²) >= 11 is 5.82. The van der Waals surface area contributed by atoms with Crippen LogP contribution >= 0.6 is 11.6 Å². The quantitative estimate of drug-likeness (QED) is 0.225. The number of sulfonamides is 1. The predicted molar refractivity (Wildman–Crippen MR) is 166 cm³/mol. The zero-order chi connectivity index (χ0) is 34.8. The molecule has 258 valence electrons. The second kappa shape index (κ2) is 14.3. The van der Waals surface area contributed by atoms with E-state index in [1.165, 1.54) is 22.5 Å². The van der Waals surface area contributed by atoms with Crippen molar-refractivity contribution in [3.63, 3.8) is 0 Å². The number of anilines is 1. The van der Waals surface area contributed by atoms with Crippen LogP contribution in [0.25, 0.3) is 0 Å². The minimum Gasteiger partial charge on any atom is -0.465 e. The number of carboxylic acid groups (broad SMARTS) is 1. The number of hydrogen-bond donors (Lipinski definition) is 4. The van der Waals surface area contributed by atoms with Gasteiger partial charge in [0.1, 0.15) is 17.7 Å². The zero-order valence-corrected chi connectivity index (χ0v) is 26.7. The van der Waals surface area contributed by atoms with Crippen LogP contribution in [0.3, 0.4) is 0 Å². The molecular formula is C31H31ClF5N5O5S. The van der Waals surface area contributed by atoms with E-state index in [1.807, 2.05) is 5.32 Å². The van der Waals surface area contributed by atoms with E-state index in [1.54, 1.807) is 0 Å². The molecule has 2 bridgehead atoms. The van der Waals surface area contributed by atoms with E-state index in [4.69, 9.17) is 11.6 Å². The van der Waals surface area contributed by atoms with Gasteiger partial charge in [0.2, 0.25) is 15.9 Å². The van der Waals surface area contributed by atoms with Gasteiger partial charge in [-0.25, -0.2) is 22.0 Å². The Hall–Kier alpha value is -3.86. The number of halogens is 6. The summed E-state index contributed by atoms with van der Waals surface area (Å²) in [7, 11) is -3.53. The number of amides is 2. The smallest absolute Gasteiger partial charge is 0.417 e. The van der Waals surface area contributed by atoms with Gasteiger partial charge in [0, 0.05) is 54.7 Å². The third-order valence-electron chi connectivity index (χ3n) is 8.51. The summed E-state index contributed by atoms with van der Waals surface area (Å²) in [6.07, 6.45) is -3.67. The van der Waals surface area contributed by atoms with Crippen LogP contribution < -0.4 is 16.0 Å². The lowest BCUT2D eigenvalue weighted by Crippen LogP contribution is -2.57. The Bertz CT molecular complexity index is 1800. The van der Waals surface area contributed by atoms with Crippen molar-refractivity contribution in [1.29, 1.82) is 0 Å². The average Bonchev–Trinajstić information content (AvgIpc) is 3.13. The topological polar surface area (TPSA) is 141 Å². The number of nitrogens with one attached hydrogen (secondary N) is 3. The van der Waals surface area contributed by atoms with Gasteiger partial charge in [0.05, 0.1) is 16.3 Å². The van der Waals surface area contributed by atoms with E-state index in [0.29, 0.717) is 31.6 Å². The molecule has 10 nitrogen and oxygen atoms in total. The number of benzene rings is 2. The molecule has 17 heteroatoms. The highest BCUT2D eigenvalue weighted by Crippen LogP contribution is 2.36. The summed E-state index contributed by atoms with van der Waals surface area (Å²) in [6, 6.07) is 5.29. The largest absolute Gasteiger partial charge is 0.465 e. The Morgan fingerprint density at radius 2 is 1.88 bits per heavy atom. The van der Waals surface area contributed by atoms with Crippen LogP contribution in [0.4, 0.5) is 32.4 Å². The fourth-order valence-corrected chi connectivity index (χ4v) is 8.12. The van der Waals surface area contributed by atoms with Gasteiger partial charge in [0.25, 0.3) is 0 Å². The highest BCUT2D eigenvalue weighted by molar-refractivity contribution is 7.89. The van der Waals surface area contributed by atoms with E-state index in [0.717, 1.165) is 24.4 Å². The Labute approximate surface area is 277 Å². The van der Waals surface area contributed by atoms with Crippen molar-refractivity contribution in [3.05, 3.63) is 93.8 Å². The number of pyridine rings is 1. The van der Waals surface area contributed by atoms with E-state index >= 15 is 4.39 Å². The molecule has 0 saturated carbocycles. The van der Waals surface area contributed by atoms with Crippen molar-refractivity contribution < 1.29 is 45.1 Å². The van der Waals surface area contributed by atoms with E-state index < -0.39 is 63.4 Å². The number of carbonyl (C=O) groups excluding carboxylic acids is 1. The van der Waals surface area contributed by atoms with Crippen LogP contribution in [0, 0.1) is 11.6 Å². The van der Waals surface area contributed by atoms with Crippen molar-refractivity contribution in [3.8, 4) is 0 Å². The Morgan fingerprint density at radius 3 is 2.58 bits per heavy atom. The summed E-state index contributed by atoms with van der Waals surface area (Å²) in [6.45, 7) is 0.627. The molecular weight excluding hydrogens is 685 g/mol. The molecule has 5 rings (SSSR count). The minimum absolute atomic E-state index is 0.000729. The highest BCUT2D eigenvalue weighted by Gasteiger charge is 2.39. The second-order valence-electron chi connectivity index (χ2n) is 11.7. The van der Waals surface area contributed by atoms with Gasteiger partial charge in [-0.15, -0.1) is 0 Å². The molecule has 48 heavy (non-hydrogen) atoms. The summed E-state index contributed by atoms with van der Waals surface area (Å²) in [5, 5.41) is 17.2. The number of aromatic nitrogens is 1. The van der Waals surface area contributed by atoms with Gasteiger partial charge in [-0.2, -0.15) is 17.5 Å². The maximum Gasteiger partial charge on any atom is 0.417 e. The second-order valence-corrected chi connectivity index (χ2v) is 14.1. The average molecular weight is 716 g/mol. The molecule has 0 aliphatic carbocycles. The van der Waals surface area contributed by atoms with Crippen molar-refractivity contribution in [2.75, 3.05) is 24.2 Å². The van der Waals surface area contributed by atoms with Crippen molar-refractivity contribution in [2.24, 2.45) is 0 Å². The SMILES string of the molecule is O=C(O)N[C@H](C(=O)Nc1cccc(F)c1CCC1CNC2CCCS(=O)(=O)N1C2)[C@H](c1cncc(C(F)(F)F)c1)c1ccc(Cl)c(F)c1. The van der Waals surface area contributed by atoms with Crippen LogP contribution in [-0.2, 0) is 27.4 Å². The lowest BCUT2D eigenvalue weighted by atomic mass is 9.84. The van der Waals surface area contributed by atoms with E-state index in [-0.39, 0.29) is 58.6 Å². The van der Waals surface area contributed by atoms with Crippen LogP contribution in [0.5, 0.6) is 0 Å². The molecule has 3 unspecified atom stereocenters. The molecule has 2 amide bonds. The molecule has 2 fully saturated rings. The summed E-state index contributed by atoms with van der Waals surface area (Å²) < 4.78 is 98.1. The lowest BCUT2D eigenvalue weighted by molar-refractivity contribution is -0.137. The molecule has 2 aromatic carbocycles. The molecule has 0 spiro atoms. The van der Waals surface area contributed by atoms with Gasteiger partial charge in [-0.1, -0.05) is 23.7 Å². The molecule has 3 heterocycles. The van der Waals surface area contributed by atoms with Crippen LogP contribution in [0.1, 0.15) is 47.4 Å². The fourth-order valence-electron chi connectivity index (χ4n) is 6.20. The molecule has 1 aromatic heterocycles. The number of carbonyl (C=O) groups is 2. The maximum absolute atomic E-state index is 15.3. The van der Waals surface area contributed by atoms with E-state index in [2.05, 4.69) is 15.6 Å². The summed E-state index contributed by atoms with van der Waals surface area (Å²) in [5.74, 6) is -4.36. The Kier molecular flexibility index (Phi) is 10.6. The number of piperazine rings is 1. The number of rotatable bonds is 9. The van der Waals surface area contributed by atoms with Crippen molar-refractivity contribution in [1.82, 2.24) is 19.9 Å². The van der Waals surface area contributed by atoms with Gasteiger partial charge in [0.15, 0.2) is 0 Å². The summed E-state index contributed by atoms with van der Waals surface area (Å²) in [4.78, 5) is 29.5.